The van der Waals surface area contributed by atoms with Crippen LogP contribution >= 0.6 is 50.5 Å². The Kier molecular flexibility index (Phi) is 5.03. The van der Waals surface area contributed by atoms with Gasteiger partial charge >= 0.3 is 0 Å². The predicted octanol–water partition coefficient (Wildman–Crippen LogP) is 7.24. The third-order valence-electron chi connectivity index (χ3n) is 3.53. The van der Waals surface area contributed by atoms with Crippen LogP contribution in [0.2, 0.25) is 10.0 Å². The fourth-order valence-corrected chi connectivity index (χ4v) is 4.23. The average molecular weight is 442 g/mol. The molecule has 0 saturated heterocycles. The molecule has 0 aliphatic rings. The van der Waals surface area contributed by atoms with Crippen molar-refractivity contribution in [2.24, 2.45) is 0 Å². The summed E-state index contributed by atoms with van der Waals surface area (Å²) in [7, 11) is 0. The molecule has 2 aromatic carbocycles. The smallest absolute Gasteiger partial charge is 0.143 e. The third kappa shape index (κ3) is 3.52. The molecule has 0 spiro atoms. The molecule has 0 unspecified atom stereocenters. The van der Waals surface area contributed by atoms with E-state index in [4.69, 9.17) is 23.2 Å². The Bertz CT molecular complexity index is 883. The number of hydrogen-bond donors (Lipinski definition) is 0. The van der Waals surface area contributed by atoms with Crippen LogP contribution in [-0.4, -0.2) is 10.2 Å². The van der Waals surface area contributed by atoms with Crippen molar-refractivity contribution >= 4 is 50.5 Å². The maximum atomic E-state index is 6.69. The number of rotatable bonds is 2. The average Bonchev–Trinajstić information content (AvgIpc) is 2.98. The largest absolute Gasteiger partial charge is 0.150 e. The normalized spacial score (nSPS) is 11.8. The van der Waals surface area contributed by atoms with Gasteiger partial charge in [-0.1, -0.05) is 89.4 Å². The lowest BCUT2D eigenvalue weighted by Gasteiger charge is -2.12. The van der Waals surface area contributed by atoms with E-state index >= 15 is 0 Å². The van der Waals surface area contributed by atoms with E-state index < -0.39 is 0 Å². The lowest BCUT2D eigenvalue weighted by atomic mass is 9.98. The van der Waals surface area contributed by atoms with Gasteiger partial charge in [0, 0.05) is 15.5 Å². The van der Waals surface area contributed by atoms with Crippen LogP contribution < -0.4 is 0 Å². The number of aromatic nitrogens is 2. The minimum Gasteiger partial charge on any atom is -0.143 e. The Morgan fingerprint density at radius 2 is 1.62 bits per heavy atom. The molecule has 3 rings (SSSR count). The minimum atomic E-state index is -0.0574. The first-order chi connectivity index (χ1) is 11.3. The Balaban J connectivity index is 2.13. The van der Waals surface area contributed by atoms with Crippen LogP contribution in [0.5, 0.6) is 0 Å². The van der Waals surface area contributed by atoms with Crippen molar-refractivity contribution in [3.63, 3.8) is 0 Å². The quantitative estimate of drug-likeness (QED) is 0.418. The van der Waals surface area contributed by atoms with E-state index in [9.17, 15) is 0 Å². The third-order valence-corrected chi connectivity index (χ3v) is 6.13. The molecule has 0 bridgehead atoms. The summed E-state index contributed by atoms with van der Waals surface area (Å²) >= 11 is 18.1. The SMILES string of the molecule is CC(C)(C)c1nnc(-c2c(Cl)ccc(-c3ccc(Br)cc3)c2Cl)s1. The molecule has 0 saturated carbocycles. The van der Waals surface area contributed by atoms with Gasteiger partial charge in [-0.25, -0.2) is 0 Å². The summed E-state index contributed by atoms with van der Waals surface area (Å²) in [6.07, 6.45) is 0. The molecule has 1 heterocycles. The zero-order chi connectivity index (χ0) is 17.5. The lowest BCUT2D eigenvalue weighted by Crippen LogP contribution is -2.10. The number of benzene rings is 2. The van der Waals surface area contributed by atoms with Crippen molar-refractivity contribution in [2.45, 2.75) is 26.2 Å². The van der Waals surface area contributed by atoms with Crippen LogP contribution in [-0.2, 0) is 5.41 Å². The fraction of sp³-hybridized carbons (Fsp3) is 0.222. The van der Waals surface area contributed by atoms with Gasteiger partial charge in [0.1, 0.15) is 5.01 Å². The van der Waals surface area contributed by atoms with E-state index in [2.05, 4.69) is 46.9 Å². The van der Waals surface area contributed by atoms with Gasteiger partial charge < -0.3 is 0 Å². The first-order valence-corrected chi connectivity index (χ1v) is 9.72. The van der Waals surface area contributed by atoms with E-state index in [1.54, 1.807) is 0 Å². The van der Waals surface area contributed by atoms with Crippen molar-refractivity contribution in [2.75, 3.05) is 0 Å². The molecule has 0 N–H and O–H groups in total. The fourth-order valence-electron chi connectivity index (χ4n) is 2.23. The molecule has 24 heavy (non-hydrogen) atoms. The Morgan fingerprint density at radius 3 is 2.21 bits per heavy atom. The zero-order valence-corrected chi connectivity index (χ0v) is 17.3. The molecule has 124 valence electrons. The van der Waals surface area contributed by atoms with Crippen molar-refractivity contribution in [3.05, 3.63) is 55.9 Å². The standard InChI is InChI=1S/C18H15BrCl2N2S/c1-18(2,3)17-23-22-16(24-17)14-13(20)9-8-12(15(14)21)10-4-6-11(19)7-5-10/h4-9H,1-3H3. The zero-order valence-electron chi connectivity index (χ0n) is 13.4. The van der Waals surface area contributed by atoms with Gasteiger partial charge in [-0.2, -0.15) is 0 Å². The summed E-state index contributed by atoms with van der Waals surface area (Å²) in [6, 6.07) is 11.8. The molecule has 2 nitrogen and oxygen atoms in total. The highest BCUT2D eigenvalue weighted by atomic mass is 79.9. The second-order valence-electron chi connectivity index (χ2n) is 6.45. The molecular formula is C18H15BrCl2N2S. The van der Waals surface area contributed by atoms with Crippen LogP contribution in [0.15, 0.2) is 40.9 Å². The molecule has 0 radical (unpaired) electrons. The van der Waals surface area contributed by atoms with Crippen LogP contribution in [0.4, 0.5) is 0 Å². The molecule has 0 aliphatic carbocycles. The Morgan fingerprint density at radius 1 is 0.958 bits per heavy atom. The van der Waals surface area contributed by atoms with E-state index in [1.807, 2.05) is 36.4 Å². The topological polar surface area (TPSA) is 25.8 Å². The summed E-state index contributed by atoms with van der Waals surface area (Å²) in [5.41, 5.74) is 2.64. The van der Waals surface area contributed by atoms with Gasteiger partial charge in [-0.15, -0.1) is 10.2 Å². The number of nitrogens with zero attached hydrogens (tertiary/aromatic N) is 2. The van der Waals surface area contributed by atoms with Gasteiger partial charge in [-0.3, -0.25) is 0 Å². The second-order valence-corrected chi connectivity index (χ2v) is 9.13. The highest BCUT2D eigenvalue weighted by molar-refractivity contribution is 9.10. The van der Waals surface area contributed by atoms with Crippen LogP contribution in [0.3, 0.4) is 0 Å². The lowest BCUT2D eigenvalue weighted by molar-refractivity contribution is 0.578. The van der Waals surface area contributed by atoms with Crippen LogP contribution in [0.1, 0.15) is 25.8 Å². The van der Waals surface area contributed by atoms with Gasteiger partial charge in [-0.05, 0) is 23.8 Å². The Labute approximate surface area is 164 Å². The molecule has 0 atom stereocenters. The van der Waals surface area contributed by atoms with Crippen molar-refractivity contribution in [1.82, 2.24) is 10.2 Å². The van der Waals surface area contributed by atoms with Crippen molar-refractivity contribution in [3.8, 4) is 21.7 Å². The van der Waals surface area contributed by atoms with E-state index in [0.29, 0.717) is 10.0 Å². The van der Waals surface area contributed by atoms with Gasteiger partial charge in [0.05, 0.1) is 15.6 Å². The molecular weight excluding hydrogens is 427 g/mol. The number of hydrogen-bond acceptors (Lipinski definition) is 3. The first kappa shape index (κ1) is 17.9. The predicted molar refractivity (Wildman–Crippen MR) is 107 cm³/mol. The van der Waals surface area contributed by atoms with E-state index in [1.165, 1.54) is 11.3 Å². The molecule has 3 aromatic rings. The summed E-state index contributed by atoms with van der Waals surface area (Å²) in [6.45, 7) is 6.33. The first-order valence-electron chi connectivity index (χ1n) is 7.35. The summed E-state index contributed by atoms with van der Waals surface area (Å²) in [4.78, 5) is 0. The summed E-state index contributed by atoms with van der Waals surface area (Å²) < 4.78 is 1.02. The maximum absolute atomic E-state index is 6.69. The highest BCUT2D eigenvalue weighted by Gasteiger charge is 2.23. The van der Waals surface area contributed by atoms with Crippen LogP contribution in [0.25, 0.3) is 21.7 Å². The molecule has 6 heteroatoms. The molecule has 0 aliphatic heterocycles. The van der Waals surface area contributed by atoms with Crippen LogP contribution in [0, 0.1) is 0 Å². The minimum absolute atomic E-state index is 0.0574. The van der Waals surface area contributed by atoms with Gasteiger partial charge in [0.2, 0.25) is 0 Å². The Hall–Kier alpha value is -0.940. The molecule has 0 amide bonds. The van der Waals surface area contributed by atoms with Crippen molar-refractivity contribution < 1.29 is 0 Å². The summed E-state index contributed by atoms with van der Waals surface area (Å²) in [5, 5.41) is 11.5. The highest BCUT2D eigenvalue weighted by Crippen LogP contribution is 2.43. The monoisotopic (exact) mass is 440 g/mol. The summed E-state index contributed by atoms with van der Waals surface area (Å²) in [5.74, 6) is 0. The molecule has 0 fully saturated rings. The van der Waals surface area contributed by atoms with Gasteiger partial charge in [0.15, 0.2) is 5.01 Å². The van der Waals surface area contributed by atoms with E-state index in [0.717, 1.165) is 31.2 Å². The van der Waals surface area contributed by atoms with Gasteiger partial charge in [0.25, 0.3) is 0 Å². The number of halogens is 3. The molecule has 1 aromatic heterocycles. The van der Waals surface area contributed by atoms with E-state index in [-0.39, 0.29) is 5.41 Å². The maximum Gasteiger partial charge on any atom is 0.150 e. The van der Waals surface area contributed by atoms with Crippen molar-refractivity contribution in [1.29, 1.82) is 0 Å². The second kappa shape index (κ2) is 6.75.